The number of hydrogen-bond acceptors (Lipinski definition) is 3. The quantitative estimate of drug-likeness (QED) is 0.759. The van der Waals surface area contributed by atoms with Gasteiger partial charge in [0.25, 0.3) is 5.56 Å². The minimum atomic E-state index is -0.293. The molecule has 1 aliphatic heterocycles. The number of carbonyl (C=O) groups is 1. The first kappa shape index (κ1) is 16.4. The van der Waals surface area contributed by atoms with E-state index in [2.05, 4.69) is 10.4 Å². The number of carbonyl (C=O) groups excluding carboxylic acids is 1. The fourth-order valence-corrected chi connectivity index (χ4v) is 3.81. The molecule has 3 aromatic rings. The van der Waals surface area contributed by atoms with Crippen LogP contribution < -0.4 is 15.6 Å². The Bertz CT molecular complexity index is 1060. The molecule has 1 atom stereocenters. The molecule has 0 fully saturated rings. The highest BCUT2D eigenvalue weighted by Gasteiger charge is 2.34. The van der Waals surface area contributed by atoms with E-state index in [1.165, 1.54) is 0 Å². The number of nitrogens with zero attached hydrogens (tertiary/aromatic N) is 1. The first-order valence-electron chi connectivity index (χ1n) is 8.71. The average molecular weight is 351 g/mol. The third-order valence-corrected chi connectivity index (χ3v) is 4.99. The summed E-state index contributed by atoms with van der Waals surface area (Å²) in [6, 6.07) is 11.8. The Labute approximate surface area is 150 Å². The third kappa shape index (κ3) is 2.41. The van der Waals surface area contributed by atoms with E-state index in [0.29, 0.717) is 11.4 Å². The van der Waals surface area contributed by atoms with Crippen LogP contribution in [0.5, 0.6) is 5.75 Å². The molecule has 1 aromatic heterocycles. The second-order valence-corrected chi connectivity index (χ2v) is 6.87. The molecule has 6 nitrogen and oxygen atoms in total. The van der Waals surface area contributed by atoms with E-state index >= 15 is 0 Å². The number of aromatic nitrogens is 2. The molecule has 134 valence electrons. The molecule has 1 aliphatic rings. The van der Waals surface area contributed by atoms with Gasteiger partial charge in [0.15, 0.2) is 0 Å². The number of H-pyrrole nitrogens is 1. The maximum atomic E-state index is 12.7. The molecule has 2 N–H and O–H groups in total. The van der Waals surface area contributed by atoms with Crippen molar-refractivity contribution in [1.29, 1.82) is 0 Å². The van der Waals surface area contributed by atoms with Crippen molar-refractivity contribution < 1.29 is 9.53 Å². The first-order chi connectivity index (χ1) is 12.5. The van der Waals surface area contributed by atoms with Gasteiger partial charge in [0.05, 0.1) is 12.7 Å². The Morgan fingerprint density at radius 1 is 1.12 bits per heavy atom. The zero-order valence-corrected chi connectivity index (χ0v) is 15.0. The second kappa shape index (κ2) is 6.05. The summed E-state index contributed by atoms with van der Waals surface area (Å²) in [4.78, 5) is 25.1. The van der Waals surface area contributed by atoms with Crippen LogP contribution in [-0.2, 0) is 4.79 Å². The van der Waals surface area contributed by atoms with Gasteiger partial charge in [0.1, 0.15) is 11.6 Å². The summed E-state index contributed by atoms with van der Waals surface area (Å²) in [5.41, 5.74) is 1.43. The molecule has 1 amide bonds. The van der Waals surface area contributed by atoms with Crippen molar-refractivity contribution in [3.05, 3.63) is 57.9 Å². The molecule has 2 heterocycles. The van der Waals surface area contributed by atoms with E-state index in [4.69, 9.17) is 4.74 Å². The lowest BCUT2D eigenvalue weighted by molar-refractivity contribution is -0.116. The van der Waals surface area contributed by atoms with Crippen LogP contribution in [0.2, 0.25) is 0 Å². The van der Waals surface area contributed by atoms with Gasteiger partial charge in [-0.1, -0.05) is 30.3 Å². The van der Waals surface area contributed by atoms with Crippen LogP contribution in [0.3, 0.4) is 0 Å². The Morgan fingerprint density at radius 2 is 1.85 bits per heavy atom. The maximum absolute atomic E-state index is 12.7. The number of rotatable bonds is 3. The summed E-state index contributed by atoms with van der Waals surface area (Å²) in [7, 11) is 1.64. The number of amides is 1. The minimum absolute atomic E-state index is 0.0399. The zero-order valence-electron chi connectivity index (χ0n) is 15.0. The van der Waals surface area contributed by atoms with Crippen LogP contribution in [0.4, 0.5) is 5.82 Å². The van der Waals surface area contributed by atoms with Gasteiger partial charge in [-0.25, -0.2) is 0 Å². The van der Waals surface area contributed by atoms with Gasteiger partial charge in [-0.05, 0) is 30.9 Å². The van der Waals surface area contributed by atoms with Gasteiger partial charge in [-0.3, -0.25) is 19.4 Å². The highest BCUT2D eigenvalue weighted by molar-refractivity contribution is 5.97. The molecule has 0 bridgehead atoms. The first-order valence-corrected chi connectivity index (χ1v) is 8.71. The predicted molar refractivity (Wildman–Crippen MR) is 101 cm³/mol. The molecule has 4 rings (SSSR count). The zero-order chi connectivity index (χ0) is 18.4. The van der Waals surface area contributed by atoms with Crippen molar-refractivity contribution in [2.24, 2.45) is 0 Å². The summed E-state index contributed by atoms with van der Waals surface area (Å²) in [6.07, 6.45) is 0.245. The fourth-order valence-electron chi connectivity index (χ4n) is 3.81. The summed E-state index contributed by atoms with van der Waals surface area (Å²) >= 11 is 0. The predicted octanol–water partition coefficient (Wildman–Crippen LogP) is 3.39. The van der Waals surface area contributed by atoms with Crippen molar-refractivity contribution in [2.45, 2.75) is 32.2 Å². The molecular formula is C20H21N3O3. The number of ether oxygens (including phenoxy) is 1. The molecule has 0 saturated carbocycles. The standard InChI is InChI=1S/C20H21N3O3/c1-11(2)23-19-18(20(25)22-23)15(10-17(24)21-19)13-8-9-16(26-3)14-7-5-4-6-12(13)14/h4-9,11,15H,10H2,1-3H3,(H,21,24)(H,22,25). The van der Waals surface area contributed by atoms with E-state index in [-0.39, 0.29) is 29.8 Å². The van der Waals surface area contributed by atoms with Crippen molar-refractivity contribution in [3.8, 4) is 5.75 Å². The van der Waals surface area contributed by atoms with Crippen molar-refractivity contribution in [1.82, 2.24) is 9.78 Å². The summed E-state index contributed by atoms with van der Waals surface area (Å²) in [5.74, 6) is 0.971. The number of methoxy groups -OCH3 is 1. The number of hydrogen-bond donors (Lipinski definition) is 2. The van der Waals surface area contributed by atoms with E-state index in [1.54, 1.807) is 11.8 Å². The smallest absolute Gasteiger partial charge is 0.270 e. The Kier molecular flexibility index (Phi) is 3.83. The normalized spacial score (nSPS) is 16.6. The van der Waals surface area contributed by atoms with Crippen LogP contribution in [0, 0.1) is 0 Å². The average Bonchev–Trinajstić information content (AvgIpc) is 2.97. The summed E-state index contributed by atoms with van der Waals surface area (Å²) < 4.78 is 7.20. The number of fused-ring (bicyclic) bond motifs is 2. The lowest BCUT2D eigenvalue weighted by atomic mass is 9.84. The molecule has 0 spiro atoms. The molecule has 0 saturated heterocycles. The van der Waals surface area contributed by atoms with Crippen LogP contribution in [-0.4, -0.2) is 22.8 Å². The fraction of sp³-hybridized carbons (Fsp3) is 0.300. The minimum Gasteiger partial charge on any atom is -0.496 e. The van der Waals surface area contributed by atoms with Crippen molar-refractivity contribution in [3.63, 3.8) is 0 Å². The van der Waals surface area contributed by atoms with Crippen molar-refractivity contribution in [2.75, 3.05) is 12.4 Å². The largest absolute Gasteiger partial charge is 0.496 e. The van der Waals surface area contributed by atoms with E-state index in [1.807, 2.05) is 50.2 Å². The van der Waals surface area contributed by atoms with Crippen LogP contribution >= 0.6 is 0 Å². The van der Waals surface area contributed by atoms with Gasteiger partial charge in [-0.15, -0.1) is 0 Å². The molecule has 2 aromatic carbocycles. The topological polar surface area (TPSA) is 76.1 Å². The SMILES string of the molecule is COc1ccc(C2CC(=O)Nc3c2c(=O)[nH]n3C(C)C)c2ccccc12. The van der Waals surface area contributed by atoms with Crippen LogP contribution in [0.25, 0.3) is 10.8 Å². The number of anilines is 1. The van der Waals surface area contributed by atoms with Gasteiger partial charge >= 0.3 is 0 Å². The van der Waals surface area contributed by atoms with Gasteiger partial charge < -0.3 is 10.1 Å². The van der Waals surface area contributed by atoms with E-state index < -0.39 is 0 Å². The van der Waals surface area contributed by atoms with Gasteiger partial charge in [-0.2, -0.15) is 0 Å². The Hall–Kier alpha value is -3.02. The molecule has 0 radical (unpaired) electrons. The highest BCUT2D eigenvalue weighted by atomic mass is 16.5. The Morgan fingerprint density at radius 3 is 2.54 bits per heavy atom. The van der Waals surface area contributed by atoms with Crippen LogP contribution in [0.15, 0.2) is 41.2 Å². The number of nitrogens with one attached hydrogen (secondary N) is 2. The molecule has 1 unspecified atom stereocenters. The third-order valence-electron chi connectivity index (χ3n) is 4.99. The van der Waals surface area contributed by atoms with Gasteiger partial charge in [0.2, 0.25) is 5.91 Å². The molecular weight excluding hydrogens is 330 g/mol. The highest BCUT2D eigenvalue weighted by Crippen LogP contribution is 2.40. The van der Waals surface area contributed by atoms with E-state index in [9.17, 15) is 9.59 Å². The number of benzene rings is 2. The Balaban J connectivity index is 1.98. The molecule has 26 heavy (non-hydrogen) atoms. The second-order valence-electron chi connectivity index (χ2n) is 6.87. The monoisotopic (exact) mass is 351 g/mol. The van der Waals surface area contributed by atoms with Crippen LogP contribution in [0.1, 0.15) is 43.4 Å². The summed E-state index contributed by atoms with van der Waals surface area (Å²) in [5, 5.41) is 7.70. The lowest BCUT2D eigenvalue weighted by Crippen LogP contribution is -2.27. The maximum Gasteiger partial charge on any atom is 0.270 e. The number of aromatic amines is 1. The lowest BCUT2D eigenvalue weighted by Gasteiger charge is -2.25. The van der Waals surface area contributed by atoms with Crippen molar-refractivity contribution >= 4 is 22.5 Å². The van der Waals surface area contributed by atoms with Gasteiger partial charge in [0, 0.05) is 23.8 Å². The summed E-state index contributed by atoms with van der Waals surface area (Å²) in [6.45, 7) is 3.93. The molecule has 6 heteroatoms. The van der Waals surface area contributed by atoms with E-state index in [0.717, 1.165) is 22.1 Å². The molecule has 0 aliphatic carbocycles.